The molecule has 0 aliphatic rings. The first-order chi connectivity index (χ1) is 10.3. The van der Waals surface area contributed by atoms with Crippen molar-refractivity contribution in [2.75, 3.05) is 19.6 Å². The fraction of sp³-hybridized carbons (Fsp3) is 0.467. The van der Waals surface area contributed by atoms with Crippen LogP contribution in [0.2, 0.25) is 0 Å². The van der Waals surface area contributed by atoms with Crippen molar-refractivity contribution in [3.63, 3.8) is 0 Å². The quantitative estimate of drug-likeness (QED) is 0.877. The molecule has 7 heteroatoms. The molecule has 1 N–H and O–H groups in total. The lowest BCUT2D eigenvalue weighted by Crippen LogP contribution is -2.37. The summed E-state index contributed by atoms with van der Waals surface area (Å²) < 4.78 is 37.3. The lowest BCUT2D eigenvalue weighted by molar-refractivity contribution is -0.137. The molecule has 0 heterocycles. The number of rotatable bonds is 6. The van der Waals surface area contributed by atoms with E-state index in [-0.39, 0.29) is 18.0 Å². The van der Waals surface area contributed by atoms with Gasteiger partial charge in [0, 0.05) is 32.1 Å². The van der Waals surface area contributed by atoms with Crippen LogP contribution in [0.5, 0.6) is 0 Å². The topological polar surface area (TPSA) is 49.4 Å². The number of hydrogen-bond acceptors (Lipinski definition) is 2. The average molecular weight is 316 g/mol. The summed E-state index contributed by atoms with van der Waals surface area (Å²) in [4.78, 5) is 24.7. The van der Waals surface area contributed by atoms with Gasteiger partial charge in [0.05, 0.1) is 5.56 Å². The molecule has 0 atom stereocenters. The highest BCUT2D eigenvalue weighted by Crippen LogP contribution is 2.28. The van der Waals surface area contributed by atoms with Gasteiger partial charge in [0.1, 0.15) is 0 Å². The van der Waals surface area contributed by atoms with Crippen molar-refractivity contribution < 1.29 is 22.8 Å². The number of carbonyl (C=O) groups excluding carboxylic acids is 2. The van der Waals surface area contributed by atoms with Crippen molar-refractivity contribution >= 4 is 11.8 Å². The molecule has 0 unspecified atom stereocenters. The van der Waals surface area contributed by atoms with Gasteiger partial charge in [0.15, 0.2) is 0 Å². The van der Waals surface area contributed by atoms with Crippen LogP contribution in [0.4, 0.5) is 13.2 Å². The number of benzene rings is 1. The van der Waals surface area contributed by atoms with Crippen LogP contribution in [0.25, 0.3) is 0 Å². The van der Waals surface area contributed by atoms with Crippen LogP contribution in [-0.2, 0) is 11.0 Å². The molecule has 0 aromatic heterocycles. The highest BCUT2D eigenvalue weighted by atomic mass is 19.4. The first kappa shape index (κ1) is 18.0. The van der Waals surface area contributed by atoms with Crippen LogP contribution in [0.3, 0.4) is 0 Å². The van der Waals surface area contributed by atoms with Gasteiger partial charge in [-0.05, 0) is 30.7 Å². The summed E-state index contributed by atoms with van der Waals surface area (Å²) >= 11 is 0. The monoisotopic (exact) mass is 316 g/mol. The molecule has 1 aromatic carbocycles. The smallest absolute Gasteiger partial charge is 0.350 e. The van der Waals surface area contributed by atoms with Gasteiger partial charge in [-0.3, -0.25) is 9.59 Å². The van der Waals surface area contributed by atoms with E-state index in [1.165, 1.54) is 6.92 Å². The second-order valence-electron chi connectivity index (χ2n) is 4.84. The van der Waals surface area contributed by atoms with Gasteiger partial charge < -0.3 is 10.2 Å². The van der Waals surface area contributed by atoms with E-state index < -0.39 is 17.6 Å². The lowest BCUT2D eigenvalue weighted by atomic mass is 10.1. The molecule has 0 spiro atoms. The zero-order valence-electron chi connectivity index (χ0n) is 12.5. The average Bonchev–Trinajstić information content (AvgIpc) is 2.45. The Morgan fingerprint density at radius 1 is 1.14 bits per heavy atom. The number of nitrogens with one attached hydrogen (secondary N) is 1. The molecule has 22 heavy (non-hydrogen) atoms. The maximum atomic E-state index is 12.4. The van der Waals surface area contributed by atoms with Crippen LogP contribution in [-0.4, -0.2) is 36.3 Å². The van der Waals surface area contributed by atoms with Crippen LogP contribution >= 0.6 is 0 Å². The molecular weight excluding hydrogens is 297 g/mol. The number of hydrogen-bond donors (Lipinski definition) is 1. The second kappa shape index (κ2) is 7.82. The third kappa shape index (κ3) is 5.38. The van der Waals surface area contributed by atoms with Crippen molar-refractivity contribution in [2.45, 2.75) is 26.4 Å². The zero-order chi connectivity index (χ0) is 16.8. The number of amides is 2. The van der Waals surface area contributed by atoms with E-state index in [0.29, 0.717) is 13.1 Å². The minimum Gasteiger partial charge on any atom is -0.350 e. The third-order valence-corrected chi connectivity index (χ3v) is 3.08. The Morgan fingerprint density at radius 2 is 1.73 bits per heavy atom. The SMILES string of the molecule is CCCN(CCNC(=O)c1ccc(C(F)(F)F)cc1)C(C)=O. The lowest BCUT2D eigenvalue weighted by Gasteiger charge is -2.20. The predicted molar refractivity (Wildman–Crippen MR) is 76.3 cm³/mol. The molecule has 0 bridgehead atoms. The molecule has 0 aliphatic carbocycles. The Hall–Kier alpha value is -2.05. The Balaban J connectivity index is 2.53. The van der Waals surface area contributed by atoms with Crippen molar-refractivity contribution in [3.05, 3.63) is 35.4 Å². The van der Waals surface area contributed by atoms with E-state index in [0.717, 1.165) is 30.7 Å². The van der Waals surface area contributed by atoms with Gasteiger partial charge >= 0.3 is 6.18 Å². The minimum absolute atomic E-state index is 0.0781. The van der Waals surface area contributed by atoms with Gasteiger partial charge in [-0.2, -0.15) is 13.2 Å². The normalized spacial score (nSPS) is 11.1. The van der Waals surface area contributed by atoms with E-state index in [1.807, 2.05) is 6.92 Å². The van der Waals surface area contributed by atoms with E-state index in [9.17, 15) is 22.8 Å². The standard InChI is InChI=1S/C15H19F3N2O2/c1-3-9-20(11(2)21)10-8-19-14(22)12-4-6-13(7-5-12)15(16,17)18/h4-7H,3,8-10H2,1-2H3,(H,19,22). The highest BCUT2D eigenvalue weighted by Gasteiger charge is 2.30. The Kier molecular flexibility index (Phi) is 6.39. The number of alkyl halides is 3. The van der Waals surface area contributed by atoms with E-state index in [2.05, 4.69) is 5.32 Å². The molecule has 122 valence electrons. The summed E-state index contributed by atoms with van der Waals surface area (Å²) in [5.74, 6) is -0.542. The Bertz CT molecular complexity index is 513. The maximum Gasteiger partial charge on any atom is 0.416 e. The van der Waals surface area contributed by atoms with Crippen molar-refractivity contribution in [3.8, 4) is 0 Å². The van der Waals surface area contributed by atoms with E-state index >= 15 is 0 Å². The maximum absolute atomic E-state index is 12.4. The summed E-state index contributed by atoms with van der Waals surface area (Å²) in [6, 6.07) is 4.00. The Morgan fingerprint density at radius 3 is 2.18 bits per heavy atom. The van der Waals surface area contributed by atoms with Crippen molar-refractivity contribution in [2.24, 2.45) is 0 Å². The first-order valence-corrected chi connectivity index (χ1v) is 6.96. The van der Waals surface area contributed by atoms with Gasteiger partial charge in [0.25, 0.3) is 5.91 Å². The molecule has 0 aliphatic heterocycles. The highest BCUT2D eigenvalue weighted by molar-refractivity contribution is 5.94. The summed E-state index contributed by atoms with van der Waals surface area (Å²) in [7, 11) is 0. The van der Waals surface area contributed by atoms with Gasteiger partial charge in [0.2, 0.25) is 5.91 Å². The molecule has 1 rings (SSSR count). The van der Waals surface area contributed by atoms with Crippen molar-refractivity contribution in [1.29, 1.82) is 0 Å². The van der Waals surface area contributed by atoms with Gasteiger partial charge in [-0.25, -0.2) is 0 Å². The van der Waals surface area contributed by atoms with Crippen molar-refractivity contribution in [1.82, 2.24) is 10.2 Å². The molecule has 0 saturated carbocycles. The minimum atomic E-state index is -4.42. The number of halogens is 3. The number of nitrogens with zero attached hydrogens (tertiary/aromatic N) is 1. The molecule has 0 fully saturated rings. The second-order valence-corrected chi connectivity index (χ2v) is 4.84. The molecule has 2 amide bonds. The van der Waals surface area contributed by atoms with Crippen LogP contribution in [0, 0.1) is 0 Å². The summed E-state index contributed by atoms with van der Waals surface area (Å²) in [6.45, 7) is 4.62. The summed E-state index contributed by atoms with van der Waals surface area (Å²) in [5.41, 5.74) is -0.646. The largest absolute Gasteiger partial charge is 0.416 e. The first-order valence-electron chi connectivity index (χ1n) is 6.96. The fourth-order valence-corrected chi connectivity index (χ4v) is 1.91. The molecular formula is C15H19F3N2O2. The van der Waals surface area contributed by atoms with Crippen LogP contribution in [0.1, 0.15) is 36.2 Å². The van der Waals surface area contributed by atoms with E-state index in [1.54, 1.807) is 4.90 Å². The fourth-order valence-electron chi connectivity index (χ4n) is 1.91. The van der Waals surface area contributed by atoms with Gasteiger partial charge in [-0.1, -0.05) is 6.92 Å². The molecule has 4 nitrogen and oxygen atoms in total. The summed E-state index contributed by atoms with van der Waals surface area (Å²) in [6.07, 6.45) is -3.61. The molecule has 0 radical (unpaired) electrons. The van der Waals surface area contributed by atoms with Gasteiger partial charge in [-0.15, -0.1) is 0 Å². The van der Waals surface area contributed by atoms with Crippen LogP contribution < -0.4 is 5.32 Å². The summed E-state index contributed by atoms with van der Waals surface area (Å²) in [5, 5.41) is 2.59. The molecule has 0 saturated heterocycles. The van der Waals surface area contributed by atoms with Crippen LogP contribution in [0.15, 0.2) is 24.3 Å². The number of carbonyl (C=O) groups is 2. The zero-order valence-corrected chi connectivity index (χ0v) is 12.5. The predicted octanol–water partition coefficient (Wildman–Crippen LogP) is 2.69. The van der Waals surface area contributed by atoms with E-state index in [4.69, 9.17) is 0 Å². The molecule has 1 aromatic rings. The third-order valence-electron chi connectivity index (χ3n) is 3.08. The Labute approximate surface area is 127 Å².